The second kappa shape index (κ2) is 3.74. The number of hydrogen-bond donors (Lipinski definition) is 0. The zero-order valence-electron chi connectivity index (χ0n) is 3.65. The highest BCUT2D eigenvalue weighted by Gasteiger charge is 1.54. The van der Waals surface area contributed by atoms with Gasteiger partial charge in [-0.1, -0.05) is 13.0 Å². The van der Waals surface area contributed by atoms with Gasteiger partial charge in [0.2, 0.25) is 0 Å². The third kappa shape index (κ3) is 3.74. The first-order valence-electron chi connectivity index (χ1n) is 1.73. The quantitative estimate of drug-likeness (QED) is 0.437. The van der Waals surface area contributed by atoms with Gasteiger partial charge < -0.3 is 0 Å². The summed E-state index contributed by atoms with van der Waals surface area (Å²) in [5, 5.41) is 0. The molecule has 0 N–H and O–H groups in total. The second-order valence-electron chi connectivity index (χ2n) is 0.744. The van der Waals surface area contributed by atoms with Gasteiger partial charge in [0, 0.05) is 0 Å². The molecular formula is C5H8. The predicted octanol–water partition coefficient (Wildman–Crippen LogP) is 1.59. The molecule has 0 aliphatic carbocycles. The van der Waals surface area contributed by atoms with E-state index < -0.39 is 0 Å². The Balaban J connectivity index is 2.62. The van der Waals surface area contributed by atoms with Gasteiger partial charge in [0.1, 0.15) is 0 Å². The minimum absolute atomic E-state index is 1.88. The van der Waals surface area contributed by atoms with E-state index in [2.05, 4.69) is 6.08 Å². The number of rotatable bonds is 1. The summed E-state index contributed by atoms with van der Waals surface area (Å²) in [6.07, 6.45) is 6.61. The van der Waals surface area contributed by atoms with Crippen LogP contribution in [0.3, 0.4) is 0 Å². The molecule has 0 aromatic carbocycles. The van der Waals surface area contributed by atoms with Crippen LogP contribution in [-0.4, -0.2) is 0 Å². The van der Waals surface area contributed by atoms with Crippen molar-refractivity contribution in [3.8, 4) is 0 Å². The van der Waals surface area contributed by atoms with Crippen LogP contribution in [0.4, 0.5) is 0 Å². The molecule has 0 fully saturated rings. The lowest BCUT2D eigenvalue weighted by atomic mass is 10.4. The van der Waals surface area contributed by atoms with Crippen molar-refractivity contribution in [2.45, 2.75) is 13.8 Å². The maximum absolute atomic E-state index is 2.86. The molecule has 0 saturated carbocycles. The minimum atomic E-state index is 1.88. The molecule has 0 spiro atoms. The van der Waals surface area contributed by atoms with E-state index in [1.54, 1.807) is 0 Å². The number of hydrogen-bond acceptors (Lipinski definition) is 0. The Morgan fingerprint density at radius 3 is 2.00 bits per heavy atom. The zero-order valence-corrected chi connectivity index (χ0v) is 3.65. The molecular weight excluding hydrogens is 60.1 g/mol. The Kier molecular flexibility index (Phi) is 3.55. The van der Waals surface area contributed by atoms with E-state index in [1.807, 2.05) is 26.3 Å². The molecule has 0 aromatic rings. The standard InChI is InChI=1S/C5H8/c1-3-5-4-2/h3-4H,1-2H3. The molecule has 0 bridgehead atoms. The molecule has 0 heterocycles. The van der Waals surface area contributed by atoms with E-state index >= 15 is 0 Å². The highest BCUT2D eigenvalue weighted by Crippen LogP contribution is 1.69. The first-order valence-corrected chi connectivity index (χ1v) is 1.73. The Hall–Kier alpha value is -0.260. The molecule has 0 amide bonds. The fourth-order valence-corrected chi connectivity index (χ4v) is 0.167. The van der Waals surface area contributed by atoms with Crippen molar-refractivity contribution in [1.29, 1.82) is 0 Å². The molecule has 0 heteroatoms. The number of allylic oxidation sites excluding steroid dienone is 2. The smallest absolute Gasteiger partial charge is 0.0125 e. The summed E-state index contributed by atoms with van der Waals surface area (Å²) in [5.41, 5.74) is 0. The molecule has 0 atom stereocenters. The van der Waals surface area contributed by atoms with Crippen molar-refractivity contribution in [1.82, 2.24) is 0 Å². The molecule has 2 radical (unpaired) electrons. The lowest BCUT2D eigenvalue weighted by molar-refractivity contribution is 1.48. The van der Waals surface area contributed by atoms with Crippen LogP contribution >= 0.6 is 0 Å². The van der Waals surface area contributed by atoms with Gasteiger partial charge in [0.25, 0.3) is 0 Å². The SMILES string of the molecule is C[CH]/[C]=C/C. The Bertz CT molecular complexity index is 27.0. The predicted molar refractivity (Wildman–Crippen MR) is 23.5 cm³/mol. The van der Waals surface area contributed by atoms with Gasteiger partial charge in [-0.2, -0.15) is 0 Å². The average Bonchev–Trinajstić information content (AvgIpc) is 1.41. The van der Waals surface area contributed by atoms with Crippen molar-refractivity contribution >= 4 is 0 Å². The van der Waals surface area contributed by atoms with Crippen LogP contribution < -0.4 is 0 Å². The van der Waals surface area contributed by atoms with Crippen LogP contribution in [0, 0.1) is 12.5 Å². The van der Waals surface area contributed by atoms with Crippen LogP contribution in [0.1, 0.15) is 13.8 Å². The van der Waals surface area contributed by atoms with E-state index in [4.69, 9.17) is 0 Å². The normalized spacial score (nSPS) is 10.0. The Labute approximate surface area is 33.5 Å². The van der Waals surface area contributed by atoms with E-state index in [1.165, 1.54) is 0 Å². The van der Waals surface area contributed by atoms with E-state index in [0.717, 1.165) is 0 Å². The third-order valence-corrected chi connectivity index (χ3v) is 0.333. The summed E-state index contributed by atoms with van der Waals surface area (Å²) in [6, 6.07) is 0. The van der Waals surface area contributed by atoms with Crippen molar-refractivity contribution in [2.24, 2.45) is 0 Å². The van der Waals surface area contributed by atoms with Crippen LogP contribution in [0.15, 0.2) is 6.08 Å². The Morgan fingerprint density at radius 2 is 2.00 bits per heavy atom. The van der Waals surface area contributed by atoms with Gasteiger partial charge in [-0.25, -0.2) is 0 Å². The summed E-state index contributed by atoms with van der Waals surface area (Å²) in [7, 11) is 0. The van der Waals surface area contributed by atoms with Gasteiger partial charge >= 0.3 is 0 Å². The summed E-state index contributed by atoms with van der Waals surface area (Å²) >= 11 is 0. The summed E-state index contributed by atoms with van der Waals surface area (Å²) in [6.45, 7) is 3.89. The average molecular weight is 68.1 g/mol. The summed E-state index contributed by atoms with van der Waals surface area (Å²) in [4.78, 5) is 0. The zero-order chi connectivity index (χ0) is 4.12. The van der Waals surface area contributed by atoms with Crippen molar-refractivity contribution in [3.63, 3.8) is 0 Å². The third-order valence-electron chi connectivity index (χ3n) is 0.333. The fraction of sp³-hybridized carbons (Fsp3) is 0.400. The van der Waals surface area contributed by atoms with Crippen LogP contribution in [0.25, 0.3) is 0 Å². The Morgan fingerprint density at radius 1 is 1.40 bits per heavy atom. The van der Waals surface area contributed by atoms with Crippen LogP contribution in [-0.2, 0) is 0 Å². The summed E-state index contributed by atoms with van der Waals surface area (Å²) < 4.78 is 0. The van der Waals surface area contributed by atoms with Gasteiger partial charge in [-0.05, 0) is 19.4 Å². The van der Waals surface area contributed by atoms with E-state index in [-0.39, 0.29) is 0 Å². The van der Waals surface area contributed by atoms with E-state index in [9.17, 15) is 0 Å². The maximum Gasteiger partial charge on any atom is -0.0125 e. The first-order chi connectivity index (χ1) is 2.41. The van der Waals surface area contributed by atoms with Gasteiger partial charge in [-0.15, -0.1) is 0 Å². The van der Waals surface area contributed by atoms with Crippen LogP contribution in [0.2, 0.25) is 0 Å². The van der Waals surface area contributed by atoms with Crippen molar-refractivity contribution < 1.29 is 0 Å². The lowest BCUT2D eigenvalue weighted by Crippen LogP contribution is -1.48. The lowest BCUT2D eigenvalue weighted by Gasteiger charge is -1.62. The first kappa shape index (κ1) is 4.74. The largest absolute Gasteiger partial charge is 0.0839 e. The fourth-order valence-electron chi connectivity index (χ4n) is 0.167. The molecule has 0 aromatic heterocycles. The monoisotopic (exact) mass is 68.1 g/mol. The van der Waals surface area contributed by atoms with Gasteiger partial charge in [0.05, 0.1) is 0 Å². The topological polar surface area (TPSA) is 0 Å². The van der Waals surface area contributed by atoms with E-state index in [0.29, 0.717) is 0 Å². The molecule has 5 heavy (non-hydrogen) atoms. The highest BCUT2D eigenvalue weighted by molar-refractivity contribution is 4.77. The summed E-state index contributed by atoms with van der Waals surface area (Å²) in [5.74, 6) is 0. The highest BCUT2D eigenvalue weighted by atomic mass is 13.6. The minimum Gasteiger partial charge on any atom is -0.0839 e. The van der Waals surface area contributed by atoms with Crippen molar-refractivity contribution in [3.05, 3.63) is 18.6 Å². The molecule has 0 saturated heterocycles. The molecule has 0 rings (SSSR count). The molecule has 0 aliphatic rings. The molecule has 28 valence electrons. The van der Waals surface area contributed by atoms with Gasteiger partial charge in [0.15, 0.2) is 0 Å². The second-order valence-corrected chi connectivity index (χ2v) is 0.744. The molecule has 0 unspecified atom stereocenters. The maximum atomic E-state index is 2.86. The van der Waals surface area contributed by atoms with Gasteiger partial charge in [-0.3, -0.25) is 0 Å². The van der Waals surface area contributed by atoms with Crippen molar-refractivity contribution in [2.75, 3.05) is 0 Å². The van der Waals surface area contributed by atoms with Crippen LogP contribution in [0.5, 0.6) is 0 Å². The molecule has 0 aliphatic heterocycles. The molecule has 0 nitrogen and oxygen atoms in total.